The highest BCUT2D eigenvalue weighted by atomic mass is 35.5. The molecule has 33 heavy (non-hydrogen) atoms. The van der Waals surface area contributed by atoms with Crippen LogP contribution in [0.15, 0.2) is 90.1 Å². The summed E-state index contributed by atoms with van der Waals surface area (Å²) < 4.78 is 0. The molecule has 0 saturated carbocycles. The lowest BCUT2D eigenvalue weighted by molar-refractivity contribution is -0.117. The molecule has 4 nitrogen and oxygen atoms in total. The molecule has 4 rings (SSSR count). The summed E-state index contributed by atoms with van der Waals surface area (Å²) in [5.74, 6) is 0.0448. The number of para-hydroxylation sites is 1. The molecule has 1 heterocycles. The number of benzene rings is 3. The molecule has 0 bridgehead atoms. The van der Waals surface area contributed by atoms with Crippen LogP contribution in [0.2, 0.25) is 10.0 Å². The number of allylic oxidation sites excluding steroid dienone is 1. The van der Waals surface area contributed by atoms with Crippen LogP contribution < -0.4 is 10.6 Å². The van der Waals surface area contributed by atoms with Gasteiger partial charge in [-0.25, -0.2) is 0 Å². The first-order valence-electron chi connectivity index (χ1n) is 10.7. The van der Waals surface area contributed by atoms with E-state index in [0.717, 1.165) is 28.1 Å². The van der Waals surface area contributed by atoms with Crippen molar-refractivity contribution in [2.45, 2.75) is 26.3 Å². The van der Waals surface area contributed by atoms with E-state index in [4.69, 9.17) is 28.9 Å². The molecule has 0 spiro atoms. The van der Waals surface area contributed by atoms with E-state index in [1.54, 1.807) is 12.1 Å². The van der Waals surface area contributed by atoms with Crippen LogP contribution in [-0.2, 0) is 11.2 Å². The van der Waals surface area contributed by atoms with Crippen molar-refractivity contribution in [2.24, 2.45) is 10.7 Å². The molecule has 0 aliphatic carbocycles. The average molecular weight is 480 g/mol. The molecule has 1 aliphatic rings. The Morgan fingerprint density at radius 1 is 1.06 bits per heavy atom. The number of fused-ring (bicyclic) bond motifs is 1. The van der Waals surface area contributed by atoms with Gasteiger partial charge in [-0.2, -0.15) is 0 Å². The third kappa shape index (κ3) is 6.25. The number of amides is 1. The smallest absolute Gasteiger partial charge is 0.248 e. The van der Waals surface area contributed by atoms with E-state index in [1.807, 2.05) is 79.4 Å². The van der Waals surface area contributed by atoms with Gasteiger partial charge in [-0.3, -0.25) is 9.79 Å². The molecule has 1 aliphatic heterocycles. The van der Waals surface area contributed by atoms with Gasteiger partial charge in [0.15, 0.2) is 0 Å². The lowest BCUT2D eigenvalue weighted by Crippen LogP contribution is -2.38. The Hall–Kier alpha value is -3.08. The van der Waals surface area contributed by atoms with E-state index in [9.17, 15) is 4.79 Å². The quantitative estimate of drug-likeness (QED) is 0.477. The number of halogens is 2. The van der Waals surface area contributed by atoms with E-state index in [0.29, 0.717) is 22.2 Å². The summed E-state index contributed by atoms with van der Waals surface area (Å²) >= 11 is 11.6. The molecule has 170 valence electrons. The average Bonchev–Trinajstić information content (AvgIpc) is 2.92. The van der Waals surface area contributed by atoms with Crippen molar-refractivity contribution in [3.63, 3.8) is 0 Å². The third-order valence-corrected chi connectivity index (χ3v) is 5.64. The number of aliphatic imine (C=N–C) groups is 1. The topological polar surface area (TPSA) is 58.7 Å². The highest BCUT2D eigenvalue weighted by Crippen LogP contribution is 2.28. The first-order valence-corrected chi connectivity index (χ1v) is 11.4. The zero-order valence-electron chi connectivity index (χ0n) is 18.8. The monoisotopic (exact) mass is 479 g/mol. The molecule has 0 radical (unpaired) electrons. The Morgan fingerprint density at radius 3 is 2.36 bits per heavy atom. The largest absolute Gasteiger partial charge is 0.402 e. The van der Waals surface area contributed by atoms with E-state index in [1.165, 1.54) is 0 Å². The van der Waals surface area contributed by atoms with Gasteiger partial charge in [-0.1, -0.05) is 84.4 Å². The standard InChI is InChI=1S/C18H18N2O.C9H9Cl2N/c1-13(2)20-16-11-7-6-10-15(16)18(19-12-17(20)21)14-8-4-3-5-9-14;1-6(12)4-7-2-3-8(10)5-9(7)11/h3-11,13H,12H2,1-2H3;2-3,5H,1,4,12H2. The summed E-state index contributed by atoms with van der Waals surface area (Å²) in [5.41, 5.74) is 10.9. The summed E-state index contributed by atoms with van der Waals surface area (Å²) in [6, 6.07) is 23.5. The van der Waals surface area contributed by atoms with Gasteiger partial charge in [0, 0.05) is 39.3 Å². The molecule has 0 atom stereocenters. The summed E-state index contributed by atoms with van der Waals surface area (Å²) in [5, 5.41) is 1.26. The molecule has 0 fully saturated rings. The van der Waals surface area contributed by atoms with Gasteiger partial charge in [-0.05, 0) is 37.6 Å². The molecule has 3 aromatic rings. The van der Waals surface area contributed by atoms with E-state index in [-0.39, 0.29) is 18.5 Å². The maximum absolute atomic E-state index is 12.4. The minimum Gasteiger partial charge on any atom is -0.402 e. The molecular formula is C27H27Cl2N3O. The SMILES string of the molecule is C=C(N)Cc1ccc(Cl)cc1Cl.CC(C)N1C(=O)CN=C(c2ccccc2)c2ccccc21. The van der Waals surface area contributed by atoms with Crippen molar-refractivity contribution in [3.8, 4) is 0 Å². The van der Waals surface area contributed by atoms with Crippen molar-refractivity contribution in [3.05, 3.63) is 112 Å². The van der Waals surface area contributed by atoms with E-state index in [2.05, 4.69) is 11.6 Å². The molecular weight excluding hydrogens is 453 g/mol. The Bertz CT molecular complexity index is 1170. The van der Waals surface area contributed by atoms with E-state index < -0.39 is 0 Å². The molecule has 0 unspecified atom stereocenters. The summed E-state index contributed by atoms with van der Waals surface area (Å²) in [7, 11) is 0. The van der Waals surface area contributed by atoms with Crippen molar-refractivity contribution in [2.75, 3.05) is 11.4 Å². The van der Waals surface area contributed by atoms with Gasteiger partial charge < -0.3 is 10.6 Å². The Kier molecular flexibility index (Phi) is 8.32. The third-order valence-electron chi connectivity index (χ3n) is 5.06. The van der Waals surface area contributed by atoms with E-state index >= 15 is 0 Å². The fourth-order valence-electron chi connectivity index (χ4n) is 3.64. The first-order chi connectivity index (χ1) is 15.8. The lowest BCUT2D eigenvalue weighted by atomic mass is 10.00. The fraction of sp³-hybridized carbons (Fsp3) is 0.185. The molecule has 0 aromatic heterocycles. The summed E-state index contributed by atoms with van der Waals surface area (Å²) in [4.78, 5) is 18.8. The number of hydrogen-bond acceptors (Lipinski definition) is 3. The van der Waals surface area contributed by atoms with Crippen LogP contribution in [0, 0.1) is 0 Å². The lowest BCUT2D eigenvalue weighted by Gasteiger charge is -2.26. The van der Waals surface area contributed by atoms with Crippen LogP contribution in [0.25, 0.3) is 0 Å². The second-order valence-corrected chi connectivity index (χ2v) is 8.82. The minimum atomic E-state index is 0.0448. The highest BCUT2D eigenvalue weighted by molar-refractivity contribution is 6.35. The highest BCUT2D eigenvalue weighted by Gasteiger charge is 2.26. The number of carbonyl (C=O) groups excluding carboxylic acids is 1. The number of carbonyl (C=O) groups is 1. The number of nitrogens with zero attached hydrogens (tertiary/aromatic N) is 2. The van der Waals surface area contributed by atoms with Gasteiger partial charge in [0.1, 0.15) is 6.54 Å². The zero-order valence-corrected chi connectivity index (χ0v) is 20.3. The number of nitrogens with two attached hydrogens (primary N) is 1. The number of hydrogen-bond donors (Lipinski definition) is 1. The maximum atomic E-state index is 12.4. The van der Waals surface area contributed by atoms with Crippen molar-refractivity contribution >= 4 is 40.5 Å². The number of benzodiazepines with no additional fused rings is 1. The van der Waals surface area contributed by atoms with Gasteiger partial charge >= 0.3 is 0 Å². The second kappa shape index (κ2) is 11.2. The van der Waals surface area contributed by atoms with Crippen molar-refractivity contribution in [1.29, 1.82) is 0 Å². The molecule has 0 saturated heterocycles. The Balaban J connectivity index is 0.000000218. The second-order valence-electron chi connectivity index (χ2n) is 7.98. The molecule has 1 amide bonds. The molecule has 2 N–H and O–H groups in total. The number of rotatable bonds is 4. The van der Waals surface area contributed by atoms with Crippen LogP contribution in [0.3, 0.4) is 0 Å². The van der Waals surface area contributed by atoms with Crippen LogP contribution in [0.1, 0.15) is 30.5 Å². The van der Waals surface area contributed by atoms with Crippen LogP contribution in [-0.4, -0.2) is 24.2 Å². The van der Waals surface area contributed by atoms with Crippen LogP contribution >= 0.6 is 23.2 Å². The summed E-state index contributed by atoms with van der Waals surface area (Å²) in [6.07, 6.45) is 0.593. The van der Waals surface area contributed by atoms with Gasteiger partial charge in [0.2, 0.25) is 5.91 Å². The van der Waals surface area contributed by atoms with Gasteiger partial charge in [0.25, 0.3) is 0 Å². The Morgan fingerprint density at radius 2 is 1.73 bits per heavy atom. The predicted octanol–water partition coefficient (Wildman–Crippen LogP) is 6.29. The minimum absolute atomic E-state index is 0.0448. The molecule has 3 aromatic carbocycles. The van der Waals surface area contributed by atoms with Crippen molar-refractivity contribution < 1.29 is 4.79 Å². The summed E-state index contributed by atoms with van der Waals surface area (Å²) in [6.45, 7) is 7.85. The maximum Gasteiger partial charge on any atom is 0.248 e. The van der Waals surface area contributed by atoms with Gasteiger partial charge in [0.05, 0.1) is 11.4 Å². The van der Waals surface area contributed by atoms with Crippen LogP contribution in [0.4, 0.5) is 5.69 Å². The van der Waals surface area contributed by atoms with Crippen molar-refractivity contribution in [1.82, 2.24) is 0 Å². The van der Waals surface area contributed by atoms with Gasteiger partial charge in [-0.15, -0.1) is 0 Å². The molecule has 6 heteroatoms. The zero-order chi connectivity index (χ0) is 24.0. The normalized spacial score (nSPS) is 12.9. The first kappa shape index (κ1) is 24.6. The number of anilines is 1. The predicted molar refractivity (Wildman–Crippen MR) is 140 cm³/mol. The fourth-order valence-corrected chi connectivity index (χ4v) is 4.12. The Labute approximate surface area is 205 Å². The van der Waals surface area contributed by atoms with Crippen LogP contribution in [0.5, 0.6) is 0 Å².